The van der Waals surface area contributed by atoms with Crippen molar-refractivity contribution in [3.63, 3.8) is 0 Å². The predicted octanol–water partition coefficient (Wildman–Crippen LogP) is 4.23. The minimum Gasteiger partial charge on any atom is -0.355 e. The van der Waals surface area contributed by atoms with Gasteiger partial charge < -0.3 is 9.88 Å². The predicted molar refractivity (Wildman–Crippen MR) is 117 cm³/mol. The van der Waals surface area contributed by atoms with Gasteiger partial charge in [-0.25, -0.2) is 8.42 Å². The third kappa shape index (κ3) is 5.26. The fourth-order valence-corrected chi connectivity index (χ4v) is 4.97. The van der Waals surface area contributed by atoms with Crippen LogP contribution in [0.15, 0.2) is 59.6 Å². The summed E-state index contributed by atoms with van der Waals surface area (Å²) in [6.45, 7) is 4.84. The van der Waals surface area contributed by atoms with E-state index in [9.17, 15) is 13.2 Å². The van der Waals surface area contributed by atoms with Gasteiger partial charge in [0.2, 0.25) is 5.91 Å². The third-order valence-electron chi connectivity index (χ3n) is 4.98. The van der Waals surface area contributed by atoms with Gasteiger partial charge in [0.25, 0.3) is 0 Å². The molecule has 0 saturated heterocycles. The van der Waals surface area contributed by atoms with Crippen LogP contribution in [0.4, 0.5) is 0 Å². The molecule has 3 aromatic rings. The second-order valence-corrected chi connectivity index (χ2v) is 9.40. The van der Waals surface area contributed by atoms with Crippen LogP contribution >= 0.6 is 0 Å². The van der Waals surface area contributed by atoms with Crippen molar-refractivity contribution in [2.24, 2.45) is 0 Å². The summed E-state index contributed by atoms with van der Waals surface area (Å²) in [5, 5.41) is 3.57. The maximum atomic E-state index is 13.1. The van der Waals surface area contributed by atoms with E-state index in [-0.39, 0.29) is 23.1 Å². The summed E-state index contributed by atoms with van der Waals surface area (Å²) in [6.07, 6.45) is 4.72. The number of amides is 1. The summed E-state index contributed by atoms with van der Waals surface area (Å²) >= 11 is 0. The van der Waals surface area contributed by atoms with Crippen molar-refractivity contribution >= 4 is 26.6 Å². The Morgan fingerprint density at radius 3 is 2.48 bits per heavy atom. The first kappa shape index (κ1) is 21.1. The number of nitrogens with zero attached hydrogens (tertiary/aromatic N) is 1. The van der Waals surface area contributed by atoms with E-state index in [1.165, 1.54) is 0 Å². The van der Waals surface area contributed by atoms with E-state index < -0.39 is 9.84 Å². The minimum atomic E-state index is -3.54. The SMILES string of the molecule is CCCCCNC(=O)Cn1cc(S(=O)(=O)Cc2ccc(C)cc2)c2ccccc21. The molecule has 29 heavy (non-hydrogen) atoms. The Balaban J connectivity index is 1.85. The molecule has 0 saturated carbocycles. The largest absolute Gasteiger partial charge is 0.355 e. The molecule has 5 nitrogen and oxygen atoms in total. The van der Waals surface area contributed by atoms with E-state index >= 15 is 0 Å². The number of aromatic nitrogens is 1. The zero-order chi connectivity index (χ0) is 20.9. The number of carbonyl (C=O) groups excluding carboxylic acids is 1. The highest BCUT2D eigenvalue weighted by Crippen LogP contribution is 2.28. The van der Waals surface area contributed by atoms with Gasteiger partial charge in [-0.2, -0.15) is 0 Å². The van der Waals surface area contributed by atoms with E-state index in [1.807, 2.05) is 49.4 Å². The summed E-state index contributed by atoms with van der Waals surface area (Å²) in [6, 6.07) is 14.8. The molecule has 0 atom stereocenters. The summed E-state index contributed by atoms with van der Waals surface area (Å²) in [5.74, 6) is -0.172. The second kappa shape index (κ2) is 9.27. The van der Waals surface area contributed by atoms with Crippen LogP contribution in [0.1, 0.15) is 37.3 Å². The molecule has 0 fully saturated rings. The van der Waals surface area contributed by atoms with Crippen molar-refractivity contribution in [3.05, 3.63) is 65.9 Å². The number of hydrogen-bond donors (Lipinski definition) is 1. The van der Waals surface area contributed by atoms with Gasteiger partial charge in [0.1, 0.15) is 6.54 Å². The minimum absolute atomic E-state index is 0.0650. The number of unbranched alkanes of at least 4 members (excludes halogenated alkanes) is 2. The van der Waals surface area contributed by atoms with Crippen LogP contribution in [-0.2, 0) is 26.9 Å². The number of hydrogen-bond acceptors (Lipinski definition) is 3. The summed E-state index contributed by atoms with van der Waals surface area (Å²) in [5.41, 5.74) is 2.59. The average Bonchev–Trinajstić information content (AvgIpc) is 3.06. The Labute approximate surface area is 172 Å². The highest BCUT2D eigenvalue weighted by molar-refractivity contribution is 7.90. The van der Waals surface area contributed by atoms with E-state index in [2.05, 4.69) is 12.2 Å². The molecule has 0 aliphatic heterocycles. The lowest BCUT2D eigenvalue weighted by Gasteiger charge is -2.07. The number of fused-ring (bicyclic) bond motifs is 1. The van der Waals surface area contributed by atoms with E-state index in [1.54, 1.807) is 16.8 Å². The quantitative estimate of drug-likeness (QED) is 0.535. The monoisotopic (exact) mass is 412 g/mol. The smallest absolute Gasteiger partial charge is 0.239 e. The fourth-order valence-electron chi connectivity index (χ4n) is 3.39. The van der Waals surface area contributed by atoms with Crippen LogP contribution in [0.2, 0.25) is 0 Å². The van der Waals surface area contributed by atoms with Crippen LogP contribution < -0.4 is 5.32 Å². The van der Waals surface area contributed by atoms with Gasteiger partial charge in [-0.15, -0.1) is 0 Å². The lowest BCUT2D eigenvalue weighted by molar-refractivity contribution is -0.121. The van der Waals surface area contributed by atoms with Gasteiger partial charge in [0, 0.05) is 23.6 Å². The molecule has 6 heteroatoms. The van der Waals surface area contributed by atoms with Gasteiger partial charge in [0.05, 0.1) is 10.6 Å². The summed E-state index contributed by atoms with van der Waals surface area (Å²) < 4.78 is 28.0. The van der Waals surface area contributed by atoms with Crippen LogP contribution in [-0.4, -0.2) is 25.4 Å². The van der Waals surface area contributed by atoms with Gasteiger partial charge in [-0.05, 0) is 25.0 Å². The highest BCUT2D eigenvalue weighted by Gasteiger charge is 2.22. The Hall–Kier alpha value is -2.60. The first-order valence-corrected chi connectivity index (χ1v) is 11.7. The van der Waals surface area contributed by atoms with Gasteiger partial charge >= 0.3 is 0 Å². The molecule has 0 bridgehead atoms. The van der Waals surface area contributed by atoms with Crippen molar-refractivity contribution in [2.75, 3.05) is 6.54 Å². The van der Waals surface area contributed by atoms with Crippen molar-refractivity contribution in [1.29, 1.82) is 0 Å². The molecule has 2 aromatic carbocycles. The van der Waals surface area contributed by atoms with Crippen LogP contribution in [0.25, 0.3) is 10.9 Å². The molecule has 0 spiro atoms. The highest BCUT2D eigenvalue weighted by atomic mass is 32.2. The lowest BCUT2D eigenvalue weighted by atomic mass is 10.2. The number of para-hydroxylation sites is 1. The maximum absolute atomic E-state index is 13.1. The molecule has 1 N–H and O–H groups in total. The first-order valence-electron chi connectivity index (χ1n) is 10.0. The van der Waals surface area contributed by atoms with Crippen molar-refractivity contribution in [2.45, 2.75) is 50.3 Å². The van der Waals surface area contributed by atoms with Gasteiger partial charge in [-0.3, -0.25) is 4.79 Å². The molecule has 0 unspecified atom stereocenters. The number of sulfone groups is 1. The standard InChI is InChI=1S/C23H28N2O3S/c1-3-4-7-14-24-23(26)16-25-15-22(20-8-5-6-9-21(20)25)29(27,28)17-19-12-10-18(2)11-13-19/h5-6,8-13,15H,3-4,7,14,16-17H2,1-2H3,(H,24,26). The Morgan fingerprint density at radius 1 is 1.03 bits per heavy atom. The molecule has 1 amide bonds. The molecule has 3 rings (SSSR count). The number of aryl methyl sites for hydroxylation is 1. The molecular weight excluding hydrogens is 384 g/mol. The summed E-state index contributed by atoms with van der Waals surface area (Å²) in [7, 11) is -3.54. The zero-order valence-electron chi connectivity index (χ0n) is 17.0. The number of rotatable bonds is 9. The molecule has 0 radical (unpaired) electrons. The van der Waals surface area contributed by atoms with Gasteiger partial charge in [0.15, 0.2) is 9.84 Å². The van der Waals surface area contributed by atoms with Crippen LogP contribution in [0, 0.1) is 6.92 Å². The molecule has 0 aliphatic carbocycles. The van der Waals surface area contributed by atoms with E-state index in [4.69, 9.17) is 0 Å². The third-order valence-corrected chi connectivity index (χ3v) is 6.69. The maximum Gasteiger partial charge on any atom is 0.239 e. The molecule has 154 valence electrons. The average molecular weight is 413 g/mol. The molecular formula is C23H28N2O3S. The van der Waals surface area contributed by atoms with E-state index in [0.29, 0.717) is 11.9 Å². The Morgan fingerprint density at radius 2 is 1.76 bits per heavy atom. The first-order chi connectivity index (χ1) is 13.9. The van der Waals surface area contributed by atoms with Crippen molar-refractivity contribution < 1.29 is 13.2 Å². The Bertz CT molecular complexity index is 1080. The number of benzene rings is 2. The molecule has 0 aliphatic rings. The number of nitrogens with one attached hydrogen (secondary N) is 1. The van der Waals surface area contributed by atoms with Gasteiger partial charge in [-0.1, -0.05) is 67.8 Å². The van der Waals surface area contributed by atoms with Crippen molar-refractivity contribution in [1.82, 2.24) is 9.88 Å². The van der Waals surface area contributed by atoms with Crippen LogP contribution in [0.3, 0.4) is 0 Å². The fraction of sp³-hybridized carbons (Fsp3) is 0.348. The lowest BCUT2D eigenvalue weighted by Crippen LogP contribution is -2.28. The normalized spacial score (nSPS) is 11.7. The molecule has 1 heterocycles. The zero-order valence-corrected chi connectivity index (χ0v) is 17.8. The van der Waals surface area contributed by atoms with Crippen LogP contribution in [0.5, 0.6) is 0 Å². The van der Waals surface area contributed by atoms with Crippen molar-refractivity contribution in [3.8, 4) is 0 Å². The second-order valence-electron chi connectivity index (χ2n) is 7.44. The summed E-state index contributed by atoms with van der Waals surface area (Å²) in [4.78, 5) is 12.6. The molecule has 1 aromatic heterocycles. The Kier molecular flexibility index (Phi) is 6.75. The topological polar surface area (TPSA) is 68.2 Å². The van der Waals surface area contributed by atoms with E-state index in [0.717, 1.165) is 35.9 Å². The number of carbonyl (C=O) groups is 1.